The summed E-state index contributed by atoms with van der Waals surface area (Å²) in [7, 11) is 0. The Labute approximate surface area is 141 Å². The van der Waals surface area contributed by atoms with Crippen molar-refractivity contribution in [2.45, 2.75) is 18.3 Å². The Morgan fingerprint density at radius 1 is 1.16 bits per heavy atom. The minimum absolute atomic E-state index is 0.219. The highest BCUT2D eigenvalue weighted by atomic mass is 19.1. The highest BCUT2D eigenvalue weighted by Crippen LogP contribution is 2.47. The maximum atomic E-state index is 13.3. The van der Waals surface area contributed by atoms with Crippen LogP contribution in [0.25, 0.3) is 5.69 Å². The molecular formula is C17H13F2N5O. The third-order valence-corrected chi connectivity index (χ3v) is 4.18. The second-order valence-corrected chi connectivity index (χ2v) is 5.90. The standard InChI is InChI=1S/C17H13F2N5O/c18-11-7-12(19)9-13(8-11)24-6-1-15(23-24)22-16(25)17(2-3-17)14-10-20-4-5-21-14/h1,4-10H,2-3H2,(H,22,23,25). The van der Waals surface area contributed by atoms with E-state index in [9.17, 15) is 13.6 Å². The van der Waals surface area contributed by atoms with Crippen molar-refractivity contribution in [3.05, 3.63) is 66.4 Å². The highest BCUT2D eigenvalue weighted by Gasteiger charge is 2.53. The van der Waals surface area contributed by atoms with Gasteiger partial charge in [-0.05, 0) is 25.0 Å². The predicted molar refractivity (Wildman–Crippen MR) is 85.1 cm³/mol. The van der Waals surface area contributed by atoms with Crippen LogP contribution >= 0.6 is 0 Å². The molecule has 126 valence electrons. The number of amides is 1. The minimum atomic E-state index is -0.698. The van der Waals surface area contributed by atoms with Crippen LogP contribution < -0.4 is 5.32 Å². The number of halogens is 2. The van der Waals surface area contributed by atoms with Gasteiger partial charge in [0.25, 0.3) is 0 Å². The van der Waals surface area contributed by atoms with E-state index >= 15 is 0 Å². The summed E-state index contributed by atoms with van der Waals surface area (Å²) in [6.45, 7) is 0. The van der Waals surface area contributed by atoms with Crippen LogP contribution in [0.1, 0.15) is 18.5 Å². The number of anilines is 1. The molecule has 2 aromatic heterocycles. The van der Waals surface area contributed by atoms with E-state index in [0.29, 0.717) is 24.4 Å². The lowest BCUT2D eigenvalue weighted by atomic mass is 10.0. The molecule has 25 heavy (non-hydrogen) atoms. The molecule has 2 heterocycles. The van der Waals surface area contributed by atoms with Crippen LogP contribution in [0.15, 0.2) is 49.1 Å². The van der Waals surface area contributed by atoms with Gasteiger partial charge in [-0.3, -0.25) is 14.8 Å². The molecule has 1 aliphatic rings. The molecule has 0 radical (unpaired) electrons. The molecule has 0 unspecified atom stereocenters. The zero-order chi connectivity index (χ0) is 17.4. The van der Waals surface area contributed by atoms with E-state index in [1.807, 2.05) is 0 Å². The summed E-state index contributed by atoms with van der Waals surface area (Å²) < 4.78 is 27.9. The fourth-order valence-electron chi connectivity index (χ4n) is 2.71. The van der Waals surface area contributed by atoms with Gasteiger partial charge in [0.2, 0.25) is 5.91 Å². The Morgan fingerprint density at radius 3 is 2.56 bits per heavy atom. The van der Waals surface area contributed by atoms with Crippen LogP contribution in [0, 0.1) is 11.6 Å². The maximum Gasteiger partial charge on any atom is 0.237 e. The summed E-state index contributed by atoms with van der Waals surface area (Å²) in [4.78, 5) is 20.8. The first-order valence-electron chi connectivity index (χ1n) is 7.67. The van der Waals surface area contributed by atoms with E-state index < -0.39 is 17.0 Å². The molecule has 0 saturated heterocycles. The molecule has 0 atom stereocenters. The van der Waals surface area contributed by atoms with E-state index in [2.05, 4.69) is 20.4 Å². The molecule has 6 nitrogen and oxygen atoms in total. The van der Waals surface area contributed by atoms with Crippen LogP contribution in [-0.4, -0.2) is 25.7 Å². The smallest absolute Gasteiger partial charge is 0.237 e. The van der Waals surface area contributed by atoms with Crippen LogP contribution in [0.2, 0.25) is 0 Å². The van der Waals surface area contributed by atoms with Gasteiger partial charge in [0.05, 0.1) is 16.8 Å². The number of nitrogens with zero attached hydrogens (tertiary/aromatic N) is 4. The number of aromatic nitrogens is 4. The van der Waals surface area contributed by atoms with Crippen molar-refractivity contribution >= 4 is 11.7 Å². The van der Waals surface area contributed by atoms with Gasteiger partial charge >= 0.3 is 0 Å². The lowest BCUT2D eigenvalue weighted by molar-refractivity contribution is -0.118. The summed E-state index contributed by atoms with van der Waals surface area (Å²) >= 11 is 0. The fourth-order valence-corrected chi connectivity index (χ4v) is 2.71. The molecule has 1 saturated carbocycles. The highest BCUT2D eigenvalue weighted by molar-refractivity contribution is 6.00. The molecule has 1 N–H and O–H groups in total. The molecule has 1 fully saturated rings. The quantitative estimate of drug-likeness (QED) is 0.792. The van der Waals surface area contributed by atoms with Gasteiger partial charge in [0.15, 0.2) is 5.82 Å². The lowest BCUT2D eigenvalue weighted by Gasteiger charge is -2.12. The predicted octanol–water partition coefficient (Wildman–Crippen LogP) is 2.61. The first kappa shape index (κ1) is 15.4. The van der Waals surface area contributed by atoms with E-state index in [1.54, 1.807) is 24.7 Å². The van der Waals surface area contributed by atoms with E-state index in [4.69, 9.17) is 0 Å². The summed E-state index contributed by atoms with van der Waals surface area (Å²) in [6, 6.07) is 4.66. The molecule has 0 spiro atoms. The fraction of sp³-hybridized carbons (Fsp3) is 0.176. The minimum Gasteiger partial charge on any atom is -0.308 e. The molecule has 1 aromatic carbocycles. The average molecular weight is 341 g/mol. The number of carbonyl (C=O) groups is 1. The van der Waals surface area contributed by atoms with E-state index in [0.717, 1.165) is 18.2 Å². The van der Waals surface area contributed by atoms with Gasteiger partial charge < -0.3 is 5.32 Å². The van der Waals surface area contributed by atoms with Gasteiger partial charge in [0.1, 0.15) is 11.6 Å². The third kappa shape index (κ3) is 2.86. The number of hydrogen-bond acceptors (Lipinski definition) is 4. The normalized spacial score (nSPS) is 15.0. The van der Waals surface area contributed by atoms with Crippen molar-refractivity contribution in [1.82, 2.24) is 19.7 Å². The Bertz CT molecular complexity index is 917. The monoisotopic (exact) mass is 341 g/mol. The number of rotatable bonds is 4. The first-order valence-corrected chi connectivity index (χ1v) is 7.67. The zero-order valence-electron chi connectivity index (χ0n) is 13.0. The molecule has 1 amide bonds. The molecular weight excluding hydrogens is 328 g/mol. The SMILES string of the molecule is O=C(Nc1ccn(-c2cc(F)cc(F)c2)n1)C1(c2cnccn2)CC1. The second-order valence-electron chi connectivity index (χ2n) is 5.90. The van der Waals surface area contributed by atoms with Gasteiger partial charge in [-0.25, -0.2) is 13.5 Å². The summed E-state index contributed by atoms with van der Waals surface area (Å²) in [5.74, 6) is -1.32. The van der Waals surface area contributed by atoms with Crippen molar-refractivity contribution in [2.24, 2.45) is 0 Å². The number of hydrogen-bond donors (Lipinski definition) is 1. The van der Waals surface area contributed by atoms with Crippen LogP contribution in [-0.2, 0) is 10.2 Å². The topological polar surface area (TPSA) is 72.7 Å². The molecule has 1 aliphatic carbocycles. The van der Waals surface area contributed by atoms with Crippen molar-refractivity contribution in [2.75, 3.05) is 5.32 Å². The van der Waals surface area contributed by atoms with Crippen LogP contribution in [0.3, 0.4) is 0 Å². The van der Waals surface area contributed by atoms with E-state index in [-0.39, 0.29) is 11.6 Å². The Kier molecular flexibility index (Phi) is 3.52. The molecule has 4 rings (SSSR count). The van der Waals surface area contributed by atoms with Gasteiger partial charge in [0, 0.05) is 36.9 Å². The number of benzene rings is 1. The lowest BCUT2D eigenvalue weighted by Crippen LogP contribution is -2.29. The largest absolute Gasteiger partial charge is 0.308 e. The summed E-state index contributed by atoms with van der Waals surface area (Å²) in [6.07, 6.45) is 7.58. The summed E-state index contributed by atoms with van der Waals surface area (Å²) in [5.41, 5.74) is 0.176. The number of carbonyl (C=O) groups excluding carboxylic acids is 1. The summed E-state index contributed by atoms with van der Waals surface area (Å²) in [5, 5.41) is 6.89. The van der Waals surface area contributed by atoms with Gasteiger partial charge in [-0.1, -0.05) is 0 Å². The molecule has 0 aliphatic heterocycles. The first-order chi connectivity index (χ1) is 12.1. The maximum absolute atomic E-state index is 13.3. The molecule has 8 heteroatoms. The van der Waals surface area contributed by atoms with Crippen LogP contribution in [0.4, 0.5) is 14.6 Å². The van der Waals surface area contributed by atoms with Gasteiger partial charge in [-0.15, -0.1) is 0 Å². The van der Waals surface area contributed by atoms with Crippen LogP contribution in [0.5, 0.6) is 0 Å². The van der Waals surface area contributed by atoms with Crippen molar-refractivity contribution < 1.29 is 13.6 Å². The second kappa shape index (κ2) is 5.73. The zero-order valence-corrected chi connectivity index (χ0v) is 13.0. The Morgan fingerprint density at radius 2 is 1.92 bits per heavy atom. The Hall–Kier alpha value is -3.16. The van der Waals surface area contributed by atoms with Crippen molar-refractivity contribution in [3.63, 3.8) is 0 Å². The van der Waals surface area contributed by atoms with E-state index in [1.165, 1.54) is 10.9 Å². The number of nitrogens with one attached hydrogen (secondary N) is 1. The molecule has 3 aromatic rings. The third-order valence-electron chi connectivity index (χ3n) is 4.18. The average Bonchev–Trinajstić information content (AvgIpc) is 3.29. The van der Waals surface area contributed by atoms with Crippen molar-refractivity contribution in [1.29, 1.82) is 0 Å². The van der Waals surface area contributed by atoms with Gasteiger partial charge in [-0.2, -0.15) is 5.10 Å². The molecule has 0 bridgehead atoms. The van der Waals surface area contributed by atoms with Crippen molar-refractivity contribution in [3.8, 4) is 5.69 Å². The Balaban J connectivity index is 1.55.